The molecule has 26 heavy (non-hydrogen) atoms. The van der Waals surface area contributed by atoms with Gasteiger partial charge in [-0.3, -0.25) is 0 Å². The monoisotopic (exact) mass is 342 g/mol. The minimum absolute atomic E-state index is 0.0300. The van der Waals surface area contributed by atoms with Crippen LogP contribution in [0.4, 0.5) is 0 Å². The first kappa shape index (κ1) is 19.0. The Balaban J connectivity index is 1.98. The average Bonchev–Trinajstić information content (AvgIpc) is 2.80. The van der Waals surface area contributed by atoms with Gasteiger partial charge < -0.3 is 19.5 Å². The Labute approximate surface area is 158 Å². The molecule has 2 N–H and O–H groups in total. The van der Waals surface area contributed by atoms with Crippen molar-refractivity contribution >= 4 is 52.5 Å². The normalized spacial score (nSPS) is 18.2. The first-order valence-electron chi connectivity index (χ1n) is 8.30. The molecular formula is C18H18B4O4. The van der Waals surface area contributed by atoms with Gasteiger partial charge in [-0.25, -0.2) is 0 Å². The lowest BCUT2D eigenvalue weighted by molar-refractivity contribution is 0.00578. The van der Waals surface area contributed by atoms with E-state index in [1.165, 1.54) is 0 Å². The maximum atomic E-state index is 9.95. The number of aromatic hydroxyl groups is 2. The molecule has 0 saturated carbocycles. The van der Waals surface area contributed by atoms with Crippen LogP contribution in [0.25, 0.3) is 11.1 Å². The van der Waals surface area contributed by atoms with Crippen LogP contribution in [0, 0.1) is 0 Å². The summed E-state index contributed by atoms with van der Waals surface area (Å²) in [7, 11) is 17.2. The summed E-state index contributed by atoms with van der Waals surface area (Å²) in [6.45, 7) is 7.96. The zero-order chi connectivity index (χ0) is 19.4. The molecule has 126 valence electrons. The van der Waals surface area contributed by atoms with Crippen LogP contribution in [0.15, 0.2) is 24.3 Å². The second-order valence-corrected chi connectivity index (χ2v) is 7.52. The molecule has 8 heteroatoms. The molecule has 1 aliphatic rings. The molecule has 0 unspecified atom stereocenters. The van der Waals surface area contributed by atoms with Gasteiger partial charge in [0.15, 0.2) is 0 Å². The molecule has 0 bridgehead atoms. The van der Waals surface area contributed by atoms with Gasteiger partial charge in [-0.05, 0) is 49.7 Å². The fourth-order valence-electron chi connectivity index (χ4n) is 2.88. The lowest BCUT2D eigenvalue weighted by Crippen LogP contribution is -2.41. The SMILES string of the molecule is [B]c1c([B])c(-c2ccc(B3OC(C)(C)C(C)(C)O3)cc2)c([B])c(O)c1O. The quantitative estimate of drug-likeness (QED) is 0.568. The minimum atomic E-state index is -0.516. The number of rotatable bonds is 2. The second kappa shape index (κ2) is 6.14. The molecule has 6 radical (unpaired) electrons. The number of phenolic OH excluding ortho intramolecular Hbond substituents is 2. The fraction of sp³-hybridized carbons (Fsp3) is 0.333. The van der Waals surface area contributed by atoms with Crippen molar-refractivity contribution in [2.75, 3.05) is 0 Å². The summed E-state index contributed by atoms with van der Waals surface area (Å²) >= 11 is 0. The molecule has 0 atom stereocenters. The third-order valence-corrected chi connectivity index (χ3v) is 5.29. The first-order chi connectivity index (χ1) is 12.0. The smallest absolute Gasteiger partial charge is 0.494 e. The van der Waals surface area contributed by atoms with Crippen molar-refractivity contribution in [1.82, 2.24) is 0 Å². The molecule has 0 amide bonds. The maximum Gasteiger partial charge on any atom is 0.494 e. The van der Waals surface area contributed by atoms with E-state index < -0.39 is 29.8 Å². The second-order valence-electron chi connectivity index (χ2n) is 7.52. The standard InChI is InChI=1S/C18H18B4O4/c1-17(2)18(3,4)26-22(25-17)10-7-5-9(6-8-10)11-12(19)14(21)16(24)15(23)13(11)20/h5-8,23-24H,1-4H3. The van der Waals surface area contributed by atoms with Crippen molar-refractivity contribution in [2.24, 2.45) is 0 Å². The molecule has 1 saturated heterocycles. The van der Waals surface area contributed by atoms with E-state index in [0.717, 1.165) is 5.46 Å². The Kier molecular flexibility index (Phi) is 4.48. The predicted molar refractivity (Wildman–Crippen MR) is 107 cm³/mol. The van der Waals surface area contributed by atoms with Gasteiger partial charge >= 0.3 is 7.12 Å². The van der Waals surface area contributed by atoms with E-state index in [-0.39, 0.29) is 16.4 Å². The van der Waals surface area contributed by atoms with Crippen LogP contribution < -0.4 is 21.9 Å². The van der Waals surface area contributed by atoms with Gasteiger partial charge in [-0.2, -0.15) is 0 Å². The summed E-state index contributed by atoms with van der Waals surface area (Å²) in [4.78, 5) is 0. The summed E-state index contributed by atoms with van der Waals surface area (Å²) in [6.07, 6.45) is 0. The van der Waals surface area contributed by atoms with Gasteiger partial charge in [0.1, 0.15) is 35.0 Å². The van der Waals surface area contributed by atoms with Gasteiger partial charge in [-0.1, -0.05) is 35.2 Å². The summed E-state index contributed by atoms with van der Waals surface area (Å²) in [5.41, 5.74) is 0.992. The van der Waals surface area contributed by atoms with Crippen LogP contribution in [0.1, 0.15) is 27.7 Å². The van der Waals surface area contributed by atoms with Crippen LogP contribution in [-0.2, 0) is 9.31 Å². The highest BCUT2D eigenvalue weighted by Gasteiger charge is 2.51. The van der Waals surface area contributed by atoms with Crippen molar-refractivity contribution in [1.29, 1.82) is 0 Å². The van der Waals surface area contributed by atoms with Crippen LogP contribution in [0.2, 0.25) is 0 Å². The predicted octanol–water partition coefficient (Wildman–Crippen LogP) is -0.555. The lowest BCUT2D eigenvalue weighted by atomic mass is 9.69. The summed E-state index contributed by atoms with van der Waals surface area (Å²) < 4.78 is 12.1. The van der Waals surface area contributed by atoms with Gasteiger partial charge in [-0.15, -0.1) is 0 Å². The summed E-state index contributed by atoms with van der Waals surface area (Å²) in [6, 6.07) is 7.27. The van der Waals surface area contributed by atoms with Crippen molar-refractivity contribution in [3.63, 3.8) is 0 Å². The lowest BCUT2D eigenvalue weighted by Gasteiger charge is -2.32. The van der Waals surface area contributed by atoms with Crippen molar-refractivity contribution in [3.05, 3.63) is 24.3 Å². The number of phenols is 2. The average molecular weight is 342 g/mol. The zero-order valence-electron chi connectivity index (χ0n) is 15.3. The fourth-order valence-corrected chi connectivity index (χ4v) is 2.88. The van der Waals surface area contributed by atoms with Crippen LogP contribution >= 0.6 is 0 Å². The van der Waals surface area contributed by atoms with Gasteiger partial charge in [0.25, 0.3) is 0 Å². The van der Waals surface area contributed by atoms with Crippen LogP contribution in [0.5, 0.6) is 11.5 Å². The van der Waals surface area contributed by atoms with E-state index in [0.29, 0.717) is 11.1 Å². The Morgan fingerprint density at radius 1 is 0.769 bits per heavy atom. The molecule has 1 heterocycles. The molecule has 1 aliphatic heterocycles. The maximum absolute atomic E-state index is 9.95. The van der Waals surface area contributed by atoms with Gasteiger partial charge in [0.05, 0.1) is 11.2 Å². The van der Waals surface area contributed by atoms with E-state index in [2.05, 4.69) is 0 Å². The third kappa shape index (κ3) is 2.85. The molecule has 0 aliphatic carbocycles. The number of hydrogen-bond acceptors (Lipinski definition) is 4. The van der Waals surface area contributed by atoms with Crippen LogP contribution in [0.3, 0.4) is 0 Å². The van der Waals surface area contributed by atoms with E-state index >= 15 is 0 Å². The highest BCUT2D eigenvalue weighted by atomic mass is 16.7. The van der Waals surface area contributed by atoms with Crippen molar-refractivity contribution in [2.45, 2.75) is 38.9 Å². The van der Waals surface area contributed by atoms with E-state index in [9.17, 15) is 10.2 Å². The molecular weight excluding hydrogens is 323 g/mol. The molecule has 4 nitrogen and oxygen atoms in total. The molecule has 1 fully saturated rings. The van der Waals surface area contributed by atoms with Gasteiger partial charge in [0.2, 0.25) is 0 Å². The van der Waals surface area contributed by atoms with E-state index in [1.54, 1.807) is 12.1 Å². The molecule has 3 rings (SSSR count). The van der Waals surface area contributed by atoms with E-state index in [1.807, 2.05) is 39.8 Å². The highest BCUT2D eigenvalue weighted by molar-refractivity contribution is 6.62. The third-order valence-electron chi connectivity index (χ3n) is 5.29. The largest absolute Gasteiger partial charge is 0.505 e. The Morgan fingerprint density at radius 2 is 1.23 bits per heavy atom. The Hall–Kier alpha value is -1.78. The Bertz CT molecular complexity index is 817. The molecule has 0 spiro atoms. The molecule has 0 aromatic heterocycles. The van der Waals surface area contributed by atoms with Crippen molar-refractivity contribution < 1.29 is 19.5 Å². The van der Waals surface area contributed by atoms with Crippen molar-refractivity contribution in [3.8, 4) is 22.6 Å². The zero-order valence-corrected chi connectivity index (χ0v) is 15.3. The van der Waals surface area contributed by atoms with E-state index in [4.69, 9.17) is 32.8 Å². The topological polar surface area (TPSA) is 58.9 Å². The molecule has 2 aromatic rings. The summed E-state index contributed by atoms with van der Waals surface area (Å²) in [5.74, 6) is -1.00. The van der Waals surface area contributed by atoms with Crippen LogP contribution in [-0.4, -0.2) is 52.1 Å². The summed E-state index contributed by atoms with van der Waals surface area (Å²) in [5, 5.41) is 19.7. The number of hydrogen-bond donors (Lipinski definition) is 2. The Morgan fingerprint density at radius 3 is 1.73 bits per heavy atom. The highest BCUT2D eigenvalue weighted by Crippen LogP contribution is 2.36. The number of benzene rings is 2. The minimum Gasteiger partial charge on any atom is -0.505 e. The molecule has 2 aromatic carbocycles. The van der Waals surface area contributed by atoms with Gasteiger partial charge in [0, 0.05) is 0 Å². The first-order valence-corrected chi connectivity index (χ1v) is 8.30.